The molecule has 0 aliphatic heterocycles. The summed E-state index contributed by atoms with van der Waals surface area (Å²) in [5.41, 5.74) is 1.76. The van der Waals surface area contributed by atoms with Gasteiger partial charge in [-0.15, -0.1) is 0 Å². The molecule has 24 heavy (non-hydrogen) atoms. The second-order valence-electron chi connectivity index (χ2n) is 6.34. The number of benzene rings is 2. The molecule has 0 heterocycles. The Balaban J connectivity index is 1.90. The summed E-state index contributed by atoms with van der Waals surface area (Å²) in [7, 11) is -3.41. The first-order chi connectivity index (χ1) is 11.4. The van der Waals surface area contributed by atoms with Gasteiger partial charge in [-0.3, -0.25) is 0 Å². The maximum absolute atomic E-state index is 12.6. The van der Waals surface area contributed by atoms with E-state index in [1.807, 2.05) is 54.6 Å². The van der Waals surface area contributed by atoms with Crippen LogP contribution in [0.5, 0.6) is 0 Å². The second-order valence-corrected chi connectivity index (χ2v) is 8.60. The first-order valence-electron chi connectivity index (χ1n) is 8.27. The van der Waals surface area contributed by atoms with E-state index >= 15 is 0 Å². The van der Waals surface area contributed by atoms with E-state index in [-0.39, 0.29) is 18.8 Å². The second kappa shape index (κ2) is 6.67. The molecule has 0 radical (unpaired) electrons. The third-order valence-electron chi connectivity index (χ3n) is 4.72. The highest BCUT2D eigenvalue weighted by molar-refractivity contribution is 7.89. The maximum atomic E-state index is 12.6. The van der Waals surface area contributed by atoms with E-state index in [0.29, 0.717) is 6.42 Å². The predicted molar refractivity (Wildman–Crippen MR) is 95.0 cm³/mol. The molecule has 0 aromatic heterocycles. The van der Waals surface area contributed by atoms with Crippen LogP contribution in [0.2, 0.25) is 0 Å². The van der Waals surface area contributed by atoms with Crippen LogP contribution in [0.15, 0.2) is 54.6 Å². The van der Waals surface area contributed by atoms with E-state index < -0.39 is 15.6 Å². The Morgan fingerprint density at radius 2 is 1.75 bits per heavy atom. The lowest BCUT2D eigenvalue weighted by atomic mass is 9.96. The number of aryl methyl sites for hydroxylation is 1. The lowest BCUT2D eigenvalue weighted by Gasteiger charge is -2.31. The van der Waals surface area contributed by atoms with E-state index in [4.69, 9.17) is 0 Å². The molecule has 1 N–H and O–H groups in total. The van der Waals surface area contributed by atoms with Crippen molar-refractivity contribution in [2.45, 2.75) is 31.9 Å². The van der Waals surface area contributed by atoms with Gasteiger partial charge < -0.3 is 5.11 Å². The average molecular weight is 345 g/mol. The minimum absolute atomic E-state index is 0.0254. The zero-order chi connectivity index (χ0) is 17.2. The van der Waals surface area contributed by atoms with Crippen molar-refractivity contribution in [2.75, 3.05) is 12.3 Å². The third kappa shape index (κ3) is 3.38. The minimum Gasteiger partial charge on any atom is -0.384 e. The van der Waals surface area contributed by atoms with Gasteiger partial charge in [-0.2, -0.15) is 4.31 Å². The molecule has 0 saturated heterocycles. The summed E-state index contributed by atoms with van der Waals surface area (Å²) in [5.74, 6) is 0.0254. The Labute approximate surface area is 143 Å². The van der Waals surface area contributed by atoms with Crippen molar-refractivity contribution in [1.29, 1.82) is 0 Å². The third-order valence-corrected chi connectivity index (χ3v) is 6.50. The maximum Gasteiger partial charge on any atom is 0.214 e. The fourth-order valence-electron chi connectivity index (χ4n) is 3.35. The molecule has 2 aromatic carbocycles. The van der Waals surface area contributed by atoms with E-state index in [0.717, 1.165) is 23.1 Å². The summed E-state index contributed by atoms with van der Waals surface area (Å²) in [6.45, 7) is 2.01. The van der Waals surface area contributed by atoms with Crippen molar-refractivity contribution in [2.24, 2.45) is 0 Å². The molecule has 5 heteroatoms. The molecule has 1 aliphatic rings. The molecule has 1 aliphatic carbocycles. The van der Waals surface area contributed by atoms with Crippen LogP contribution in [0.3, 0.4) is 0 Å². The zero-order valence-corrected chi connectivity index (χ0v) is 14.7. The van der Waals surface area contributed by atoms with Gasteiger partial charge in [0.2, 0.25) is 10.0 Å². The molecule has 1 atom stereocenters. The van der Waals surface area contributed by atoms with E-state index in [2.05, 4.69) is 0 Å². The molecular formula is C19H23NO3S. The molecule has 1 unspecified atom stereocenters. The lowest BCUT2D eigenvalue weighted by Crippen LogP contribution is -2.43. The van der Waals surface area contributed by atoms with Crippen molar-refractivity contribution in [1.82, 2.24) is 4.31 Å². The van der Waals surface area contributed by atoms with Gasteiger partial charge in [0.1, 0.15) is 5.60 Å². The first-order valence-corrected chi connectivity index (χ1v) is 9.88. The number of aliphatic hydroxyl groups is 1. The number of hydrogen-bond acceptors (Lipinski definition) is 3. The van der Waals surface area contributed by atoms with Crippen LogP contribution >= 0.6 is 0 Å². The number of sulfonamides is 1. The van der Waals surface area contributed by atoms with Crippen LogP contribution in [0.4, 0.5) is 0 Å². The molecular weight excluding hydrogens is 322 g/mol. The molecule has 0 saturated carbocycles. The average Bonchev–Trinajstić information content (AvgIpc) is 2.93. The lowest BCUT2D eigenvalue weighted by molar-refractivity contribution is 0.0188. The van der Waals surface area contributed by atoms with Gasteiger partial charge >= 0.3 is 0 Å². The zero-order valence-electron chi connectivity index (χ0n) is 13.9. The van der Waals surface area contributed by atoms with Gasteiger partial charge in [0.25, 0.3) is 0 Å². The first kappa shape index (κ1) is 17.1. The van der Waals surface area contributed by atoms with E-state index in [1.165, 1.54) is 4.31 Å². The highest BCUT2D eigenvalue weighted by Crippen LogP contribution is 2.38. The molecule has 2 aromatic rings. The smallest absolute Gasteiger partial charge is 0.214 e. The van der Waals surface area contributed by atoms with Crippen LogP contribution in [0.25, 0.3) is 0 Å². The predicted octanol–water partition coefficient (Wildman–Crippen LogP) is 2.67. The standard InChI is InChI=1S/C19H23NO3S/c1-2-24(22,23)20(14-16-8-4-3-5-9-16)15-19(21)13-12-17-10-6-7-11-18(17)19/h3-11,21H,2,12-15H2,1H3. The van der Waals surface area contributed by atoms with Crippen molar-refractivity contribution >= 4 is 10.0 Å². The Morgan fingerprint density at radius 3 is 2.46 bits per heavy atom. The van der Waals surface area contributed by atoms with Gasteiger partial charge in [-0.05, 0) is 36.5 Å². The summed E-state index contributed by atoms with van der Waals surface area (Å²) >= 11 is 0. The molecule has 0 bridgehead atoms. The topological polar surface area (TPSA) is 57.6 Å². The quantitative estimate of drug-likeness (QED) is 0.876. The number of nitrogens with zero attached hydrogens (tertiary/aromatic N) is 1. The van der Waals surface area contributed by atoms with Crippen molar-refractivity contribution < 1.29 is 13.5 Å². The fourth-order valence-corrected chi connectivity index (χ4v) is 4.47. The van der Waals surface area contributed by atoms with E-state index in [9.17, 15) is 13.5 Å². The van der Waals surface area contributed by atoms with Gasteiger partial charge in [0, 0.05) is 13.1 Å². The van der Waals surface area contributed by atoms with Gasteiger partial charge in [0.15, 0.2) is 0 Å². The van der Waals surface area contributed by atoms with E-state index in [1.54, 1.807) is 6.92 Å². The monoisotopic (exact) mass is 345 g/mol. The molecule has 4 nitrogen and oxygen atoms in total. The van der Waals surface area contributed by atoms with Crippen LogP contribution in [-0.4, -0.2) is 30.1 Å². The van der Waals surface area contributed by atoms with Crippen molar-refractivity contribution in [3.05, 3.63) is 71.3 Å². The highest BCUT2D eigenvalue weighted by Gasteiger charge is 2.40. The Bertz CT molecular complexity index is 804. The number of fused-ring (bicyclic) bond motifs is 1. The molecule has 0 amide bonds. The largest absolute Gasteiger partial charge is 0.384 e. The molecule has 0 spiro atoms. The summed E-state index contributed by atoms with van der Waals surface area (Å²) in [6, 6.07) is 17.3. The van der Waals surface area contributed by atoms with Crippen LogP contribution < -0.4 is 0 Å². The summed E-state index contributed by atoms with van der Waals surface area (Å²) in [6.07, 6.45) is 1.33. The van der Waals surface area contributed by atoms with Crippen molar-refractivity contribution in [3.63, 3.8) is 0 Å². The summed E-state index contributed by atoms with van der Waals surface area (Å²) < 4.78 is 26.5. The molecule has 0 fully saturated rings. The normalized spacial score (nSPS) is 20.3. The molecule has 128 valence electrons. The number of rotatable bonds is 6. The number of hydrogen-bond donors (Lipinski definition) is 1. The Kier molecular flexibility index (Phi) is 4.76. The van der Waals surface area contributed by atoms with Crippen LogP contribution in [0, 0.1) is 0 Å². The minimum atomic E-state index is -3.41. The van der Waals surface area contributed by atoms with Crippen molar-refractivity contribution in [3.8, 4) is 0 Å². The fraction of sp³-hybridized carbons (Fsp3) is 0.368. The SMILES string of the molecule is CCS(=O)(=O)N(Cc1ccccc1)CC1(O)CCc2ccccc21. The van der Waals surface area contributed by atoms with Crippen LogP contribution in [-0.2, 0) is 28.6 Å². The Morgan fingerprint density at radius 1 is 1.08 bits per heavy atom. The summed E-state index contributed by atoms with van der Waals surface area (Å²) in [5, 5.41) is 11.1. The van der Waals surface area contributed by atoms with Crippen LogP contribution in [0.1, 0.15) is 30.0 Å². The van der Waals surface area contributed by atoms with Gasteiger partial charge in [-0.1, -0.05) is 54.6 Å². The Hall–Kier alpha value is -1.69. The highest BCUT2D eigenvalue weighted by atomic mass is 32.2. The molecule has 3 rings (SSSR count). The van der Waals surface area contributed by atoms with Gasteiger partial charge in [0.05, 0.1) is 5.75 Å². The summed E-state index contributed by atoms with van der Waals surface area (Å²) in [4.78, 5) is 0. The van der Waals surface area contributed by atoms with Gasteiger partial charge in [-0.25, -0.2) is 8.42 Å².